The molecule has 0 aliphatic rings. The van der Waals surface area contributed by atoms with Crippen LogP contribution in [0.1, 0.15) is 66.0 Å². The maximum atomic E-state index is 12.3. The minimum absolute atomic E-state index is 0.0283. The van der Waals surface area contributed by atoms with Gasteiger partial charge in [-0.25, -0.2) is 4.79 Å². The summed E-state index contributed by atoms with van der Waals surface area (Å²) < 4.78 is 0. The Morgan fingerprint density at radius 2 is 1.59 bits per heavy atom. The van der Waals surface area contributed by atoms with E-state index in [1.807, 2.05) is 43.9 Å². The molecule has 0 atom stereocenters. The Hall–Kier alpha value is -2.48. The van der Waals surface area contributed by atoms with Gasteiger partial charge in [-0.1, -0.05) is 83.2 Å². The molecule has 0 aliphatic carbocycles. The van der Waals surface area contributed by atoms with E-state index < -0.39 is 0 Å². The van der Waals surface area contributed by atoms with E-state index in [0.29, 0.717) is 11.7 Å². The van der Waals surface area contributed by atoms with Gasteiger partial charge in [0.25, 0.3) is 0 Å². The lowest BCUT2D eigenvalue weighted by Crippen LogP contribution is -2.43. The molecular formula is C24H39N5O2S. The average Bonchev–Trinajstić information content (AvgIpc) is 3.21. The highest BCUT2D eigenvalue weighted by atomic mass is 32.1. The first-order chi connectivity index (χ1) is 14.7. The highest BCUT2D eigenvalue weighted by Crippen LogP contribution is 2.29. The lowest BCUT2D eigenvalue weighted by atomic mass is 9.93. The monoisotopic (exact) mass is 461 g/mol. The SMILES string of the molecule is CC(C)N(Cc1ccccc1)C(=O)C(C)(C)C.CNC(=O)N(C)c1nnc(C(C)(C)C)s1. The standard InChI is InChI=1S/C15H23NO.C9H16N4OS/c1-12(2)16(14(17)15(3,4)5)11-13-9-7-6-8-10-13;1-9(2,3)6-11-12-8(15-6)13(5)7(14)10-4/h6-10,12H,11H2,1-5H3;1-5H3,(H,10,14). The molecule has 7 nitrogen and oxygen atoms in total. The zero-order valence-corrected chi connectivity index (χ0v) is 22.0. The number of carbonyl (C=O) groups is 2. The predicted molar refractivity (Wildman–Crippen MR) is 133 cm³/mol. The summed E-state index contributed by atoms with van der Waals surface area (Å²) in [5.41, 5.74) is 0.831. The van der Waals surface area contributed by atoms with E-state index in [4.69, 9.17) is 0 Å². The van der Waals surface area contributed by atoms with Gasteiger partial charge in [0.1, 0.15) is 5.01 Å². The fourth-order valence-electron chi connectivity index (χ4n) is 2.61. The van der Waals surface area contributed by atoms with Gasteiger partial charge >= 0.3 is 6.03 Å². The number of aromatic nitrogens is 2. The number of rotatable bonds is 4. The van der Waals surface area contributed by atoms with Crippen molar-refractivity contribution in [2.45, 2.75) is 73.4 Å². The van der Waals surface area contributed by atoms with E-state index in [9.17, 15) is 9.59 Å². The van der Waals surface area contributed by atoms with Crippen molar-refractivity contribution in [3.63, 3.8) is 0 Å². The van der Waals surface area contributed by atoms with Crippen molar-refractivity contribution >= 4 is 28.4 Å². The second-order valence-electron chi connectivity index (χ2n) is 10.0. The first-order valence-electron chi connectivity index (χ1n) is 10.8. The van der Waals surface area contributed by atoms with Crippen LogP contribution in [0.15, 0.2) is 30.3 Å². The van der Waals surface area contributed by atoms with Crippen LogP contribution in [0.5, 0.6) is 0 Å². The smallest absolute Gasteiger partial charge is 0.323 e. The van der Waals surface area contributed by atoms with E-state index in [2.05, 4.69) is 62.3 Å². The maximum absolute atomic E-state index is 12.3. The zero-order valence-electron chi connectivity index (χ0n) is 21.2. The summed E-state index contributed by atoms with van der Waals surface area (Å²) in [7, 11) is 3.26. The molecule has 0 aliphatic heterocycles. The van der Waals surface area contributed by atoms with Crippen molar-refractivity contribution in [1.82, 2.24) is 20.4 Å². The molecule has 2 aromatic rings. The Bertz CT molecular complexity index is 867. The second kappa shape index (κ2) is 11.4. The number of nitrogens with zero attached hydrogens (tertiary/aromatic N) is 4. The van der Waals surface area contributed by atoms with Gasteiger partial charge in [0.05, 0.1) is 0 Å². The Morgan fingerprint density at radius 3 is 2.00 bits per heavy atom. The summed E-state index contributed by atoms with van der Waals surface area (Å²) in [5.74, 6) is 0.205. The van der Waals surface area contributed by atoms with E-state index in [1.165, 1.54) is 21.8 Å². The number of anilines is 1. The minimum atomic E-state index is -0.320. The minimum Gasteiger partial charge on any atom is -0.341 e. The number of hydrogen-bond donors (Lipinski definition) is 1. The van der Waals surface area contributed by atoms with Crippen LogP contribution >= 0.6 is 11.3 Å². The summed E-state index contributed by atoms with van der Waals surface area (Å²) in [6.07, 6.45) is 0. The van der Waals surface area contributed by atoms with Gasteiger partial charge in [-0.05, 0) is 19.4 Å². The lowest BCUT2D eigenvalue weighted by molar-refractivity contribution is -0.142. The Morgan fingerprint density at radius 1 is 1.03 bits per heavy atom. The number of nitrogens with one attached hydrogen (secondary N) is 1. The van der Waals surface area contributed by atoms with E-state index in [-0.39, 0.29) is 28.8 Å². The van der Waals surface area contributed by atoms with Crippen molar-refractivity contribution in [3.05, 3.63) is 40.9 Å². The molecule has 1 aromatic carbocycles. The van der Waals surface area contributed by atoms with Crippen LogP contribution in [0.25, 0.3) is 0 Å². The molecule has 1 N–H and O–H groups in total. The number of hydrogen-bond acceptors (Lipinski definition) is 5. The van der Waals surface area contributed by atoms with E-state index in [1.54, 1.807) is 14.1 Å². The van der Waals surface area contributed by atoms with Crippen molar-refractivity contribution in [2.75, 3.05) is 19.0 Å². The maximum Gasteiger partial charge on any atom is 0.323 e. The molecule has 32 heavy (non-hydrogen) atoms. The van der Waals surface area contributed by atoms with Crippen molar-refractivity contribution in [1.29, 1.82) is 0 Å². The van der Waals surface area contributed by atoms with Gasteiger partial charge in [0, 0.05) is 37.5 Å². The summed E-state index contributed by atoms with van der Waals surface area (Å²) in [6.45, 7) is 16.9. The summed E-state index contributed by atoms with van der Waals surface area (Å²) in [5, 5.41) is 12.1. The largest absolute Gasteiger partial charge is 0.341 e. The van der Waals surface area contributed by atoms with Crippen LogP contribution in [-0.4, -0.2) is 47.2 Å². The van der Waals surface area contributed by atoms with Crippen LogP contribution in [-0.2, 0) is 16.8 Å². The predicted octanol–water partition coefficient (Wildman–Crippen LogP) is 5.08. The molecule has 8 heteroatoms. The van der Waals surface area contributed by atoms with Crippen LogP contribution in [0.3, 0.4) is 0 Å². The Labute approximate surface area is 197 Å². The Balaban J connectivity index is 0.000000323. The van der Waals surface area contributed by atoms with E-state index in [0.717, 1.165) is 5.01 Å². The van der Waals surface area contributed by atoms with Crippen molar-refractivity contribution in [2.24, 2.45) is 5.41 Å². The van der Waals surface area contributed by atoms with Gasteiger partial charge in [-0.2, -0.15) is 0 Å². The van der Waals surface area contributed by atoms with Crippen molar-refractivity contribution in [3.8, 4) is 0 Å². The van der Waals surface area contributed by atoms with Crippen LogP contribution in [0, 0.1) is 5.41 Å². The molecule has 0 saturated heterocycles. The van der Waals surface area contributed by atoms with Gasteiger partial charge in [-0.15, -0.1) is 10.2 Å². The quantitative estimate of drug-likeness (QED) is 0.689. The highest BCUT2D eigenvalue weighted by Gasteiger charge is 2.28. The first kappa shape index (κ1) is 27.6. The molecule has 3 amide bonds. The third kappa shape index (κ3) is 8.22. The molecule has 1 aromatic heterocycles. The van der Waals surface area contributed by atoms with Crippen LogP contribution < -0.4 is 10.2 Å². The average molecular weight is 462 g/mol. The molecule has 0 fully saturated rings. The summed E-state index contributed by atoms with van der Waals surface area (Å²) in [6, 6.07) is 10.2. The van der Waals surface area contributed by atoms with Gasteiger partial charge in [-0.3, -0.25) is 9.69 Å². The first-order valence-corrected chi connectivity index (χ1v) is 11.6. The van der Waals surface area contributed by atoms with Crippen molar-refractivity contribution < 1.29 is 9.59 Å². The molecule has 0 unspecified atom stereocenters. The summed E-state index contributed by atoms with van der Waals surface area (Å²) in [4.78, 5) is 27.1. The third-order valence-electron chi connectivity index (χ3n) is 4.58. The molecule has 0 saturated carbocycles. The number of carbonyl (C=O) groups excluding carboxylic acids is 2. The number of urea groups is 1. The highest BCUT2D eigenvalue weighted by molar-refractivity contribution is 7.15. The third-order valence-corrected chi connectivity index (χ3v) is 6.01. The molecule has 1 heterocycles. The van der Waals surface area contributed by atoms with Gasteiger partial charge in [0.15, 0.2) is 0 Å². The van der Waals surface area contributed by atoms with E-state index >= 15 is 0 Å². The molecule has 178 valence electrons. The number of amides is 3. The summed E-state index contributed by atoms with van der Waals surface area (Å²) >= 11 is 1.43. The molecule has 2 rings (SSSR count). The number of benzene rings is 1. The normalized spacial score (nSPS) is 11.5. The topological polar surface area (TPSA) is 78.4 Å². The molecular weight excluding hydrogens is 422 g/mol. The van der Waals surface area contributed by atoms with Crippen LogP contribution in [0.2, 0.25) is 0 Å². The van der Waals surface area contributed by atoms with Gasteiger partial charge in [0.2, 0.25) is 11.0 Å². The molecule has 0 spiro atoms. The lowest BCUT2D eigenvalue weighted by Gasteiger charge is -2.32. The van der Waals surface area contributed by atoms with Crippen LogP contribution in [0.4, 0.5) is 9.93 Å². The zero-order chi connectivity index (χ0) is 24.7. The molecule has 0 radical (unpaired) electrons. The Kier molecular flexibility index (Phi) is 9.82. The molecule has 0 bridgehead atoms. The second-order valence-corrected chi connectivity index (χ2v) is 11.0. The fraction of sp³-hybridized carbons (Fsp3) is 0.583. The van der Waals surface area contributed by atoms with Gasteiger partial charge < -0.3 is 10.2 Å². The fourth-order valence-corrected chi connectivity index (χ4v) is 3.47.